The molecule has 0 aliphatic carbocycles. The molecule has 1 unspecified atom stereocenters. The first-order valence-corrected chi connectivity index (χ1v) is 4.12. The Labute approximate surface area is 70.7 Å². The number of aryl methyl sites for hydroxylation is 1. The Balaban J connectivity index is 2.30. The average molecular weight is 168 g/mol. The van der Waals surface area contributed by atoms with Crippen LogP contribution in [-0.2, 0) is 4.74 Å². The van der Waals surface area contributed by atoms with Gasteiger partial charge in [0, 0.05) is 6.61 Å². The maximum atomic E-state index is 5.61. The zero-order valence-corrected chi connectivity index (χ0v) is 7.04. The number of nitrogens with zero attached hydrogens (tertiary/aromatic N) is 1. The predicted molar refractivity (Wildman–Crippen MR) is 43.6 cm³/mol. The molecule has 12 heavy (non-hydrogen) atoms. The zero-order chi connectivity index (χ0) is 8.55. The molecule has 1 aliphatic rings. The van der Waals surface area contributed by atoms with Gasteiger partial charge in [0.2, 0.25) is 5.88 Å². The van der Waals surface area contributed by atoms with Gasteiger partial charge in [-0.3, -0.25) is 0 Å². The smallest absolute Gasteiger partial charge is 0.228 e. The lowest BCUT2D eigenvalue weighted by Crippen LogP contribution is -1.99. The highest BCUT2D eigenvalue weighted by Gasteiger charge is 2.24. The SMILES string of the molecule is Cc1noc(N)c1C1CCCO1. The summed E-state index contributed by atoms with van der Waals surface area (Å²) in [5, 5.41) is 3.78. The van der Waals surface area contributed by atoms with Gasteiger partial charge in [-0.25, -0.2) is 0 Å². The van der Waals surface area contributed by atoms with Gasteiger partial charge in [0.15, 0.2) is 0 Å². The van der Waals surface area contributed by atoms with Crippen LogP contribution in [0, 0.1) is 6.92 Å². The van der Waals surface area contributed by atoms with Crippen molar-refractivity contribution in [2.45, 2.75) is 25.9 Å². The number of hydrogen-bond acceptors (Lipinski definition) is 4. The lowest BCUT2D eigenvalue weighted by molar-refractivity contribution is 0.112. The first-order valence-electron chi connectivity index (χ1n) is 4.12. The molecular formula is C8H12N2O2. The summed E-state index contributed by atoms with van der Waals surface area (Å²) in [5.41, 5.74) is 7.40. The third kappa shape index (κ3) is 1.08. The Hall–Kier alpha value is -1.03. The summed E-state index contributed by atoms with van der Waals surface area (Å²) >= 11 is 0. The van der Waals surface area contributed by atoms with Gasteiger partial charge in [-0.2, -0.15) is 0 Å². The highest BCUT2D eigenvalue weighted by atomic mass is 16.5. The van der Waals surface area contributed by atoms with E-state index in [4.69, 9.17) is 15.0 Å². The monoisotopic (exact) mass is 168 g/mol. The molecule has 1 saturated heterocycles. The number of nitrogen functional groups attached to an aromatic ring is 1. The van der Waals surface area contributed by atoms with Gasteiger partial charge in [-0.15, -0.1) is 0 Å². The Morgan fingerprint density at radius 1 is 1.58 bits per heavy atom. The van der Waals surface area contributed by atoms with Crippen molar-refractivity contribution in [3.8, 4) is 0 Å². The molecule has 66 valence electrons. The van der Waals surface area contributed by atoms with E-state index >= 15 is 0 Å². The van der Waals surface area contributed by atoms with Gasteiger partial charge in [-0.05, 0) is 19.8 Å². The van der Waals surface area contributed by atoms with E-state index in [2.05, 4.69) is 5.16 Å². The second-order valence-electron chi connectivity index (χ2n) is 3.05. The maximum Gasteiger partial charge on any atom is 0.228 e. The molecule has 4 nitrogen and oxygen atoms in total. The molecular weight excluding hydrogens is 156 g/mol. The van der Waals surface area contributed by atoms with Crippen molar-refractivity contribution in [1.29, 1.82) is 0 Å². The number of nitrogens with two attached hydrogens (primary N) is 1. The highest BCUT2D eigenvalue weighted by molar-refractivity contribution is 5.40. The molecule has 0 bridgehead atoms. The molecule has 0 saturated carbocycles. The number of aromatic nitrogens is 1. The molecule has 0 amide bonds. The number of hydrogen-bond donors (Lipinski definition) is 1. The second kappa shape index (κ2) is 2.79. The molecule has 1 fully saturated rings. The normalized spacial score (nSPS) is 23.2. The van der Waals surface area contributed by atoms with Crippen LogP contribution in [0.3, 0.4) is 0 Å². The Morgan fingerprint density at radius 3 is 2.92 bits per heavy atom. The predicted octanol–water partition coefficient (Wildman–Crippen LogP) is 1.42. The van der Waals surface area contributed by atoms with Crippen LogP contribution in [-0.4, -0.2) is 11.8 Å². The van der Waals surface area contributed by atoms with Crippen LogP contribution in [0.2, 0.25) is 0 Å². The van der Waals surface area contributed by atoms with Crippen LogP contribution in [0.25, 0.3) is 0 Å². The summed E-state index contributed by atoms with van der Waals surface area (Å²) in [6, 6.07) is 0. The van der Waals surface area contributed by atoms with Crippen molar-refractivity contribution in [1.82, 2.24) is 5.16 Å². The fourth-order valence-corrected chi connectivity index (χ4v) is 1.59. The third-order valence-electron chi connectivity index (χ3n) is 2.19. The average Bonchev–Trinajstić information content (AvgIpc) is 2.61. The highest BCUT2D eigenvalue weighted by Crippen LogP contribution is 2.33. The van der Waals surface area contributed by atoms with Crippen molar-refractivity contribution in [2.75, 3.05) is 12.3 Å². The van der Waals surface area contributed by atoms with E-state index < -0.39 is 0 Å². The van der Waals surface area contributed by atoms with Crippen LogP contribution >= 0.6 is 0 Å². The van der Waals surface area contributed by atoms with E-state index in [1.807, 2.05) is 6.92 Å². The molecule has 1 aliphatic heterocycles. The number of rotatable bonds is 1. The van der Waals surface area contributed by atoms with E-state index in [1.54, 1.807) is 0 Å². The van der Waals surface area contributed by atoms with E-state index in [9.17, 15) is 0 Å². The lowest BCUT2D eigenvalue weighted by Gasteiger charge is -2.06. The molecule has 0 spiro atoms. The Bertz CT molecular complexity index is 257. The van der Waals surface area contributed by atoms with Gasteiger partial charge < -0.3 is 15.0 Å². The van der Waals surface area contributed by atoms with Crippen molar-refractivity contribution in [3.63, 3.8) is 0 Å². The van der Waals surface area contributed by atoms with Gasteiger partial charge in [0.05, 0.1) is 17.4 Å². The summed E-state index contributed by atoms with van der Waals surface area (Å²) < 4.78 is 10.3. The van der Waals surface area contributed by atoms with Crippen LogP contribution in [0.4, 0.5) is 5.88 Å². The van der Waals surface area contributed by atoms with E-state index in [1.165, 1.54) is 0 Å². The molecule has 1 aromatic heterocycles. The number of anilines is 1. The summed E-state index contributed by atoms with van der Waals surface area (Å²) in [5.74, 6) is 0.402. The van der Waals surface area contributed by atoms with Gasteiger partial charge in [0.1, 0.15) is 0 Å². The maximum absolute atomic E-state index is 5.61. The molecule has 1 atom stereocenters. The van der Waals surface area contributed by atoms with E-state index in [-0.39, 0.29) is 6.10 Å². The standard InChI is InChI=1S/C8H12N2O2/c1-5-7(8(9)12-10-5)6-3-2-4-11-6/h6H,2-4,9H2,1H3. The molecule has 2 heterocycles. The van der Waals surface area contributed by atoms with Crippen molar-refractivity contribution in [3.05, 3.63) is 11.3 Å². The van der Waals surface area contributed by atoms with Crippen molar-refractivity contribution < 1.29 is 9.26 Å². The minimum absolute atomic E-state index is 0.108. The first-order chi connectivity index (χ1) is 5.79. The van der Waals surface area contributed by atoms with Crippen LogP contribution in [0.15, 0.2) is 4.52 Å². The minimum atomic E-state index is 0.108. The lowest BCUT2D eigenvalue weighted by atomic mass is 10.1. The van der Waals surface area contributed by atoms with Crippen LogP contribution < -0.4 is 5.73 Å². The van der Waals surface area contributed by atoms with Crippen LogP contribution in [0.1, 0.15) is 30.2 Å². The van der Waals surface area contributed by atoms with E-state index in [0.717, 1.165) is 30.7 Å². The van der Waals surface area contributed by atoms with Crippen molar-refractivity contribution in [2.24, 2.45) is 0 Å². The Kier molecular flexibility index (Phi) is 1.77. The number of ether oxygens (including phenoxy) is 1. The summed E-state index contributed by atoms with van der Waals surface area (Å²) in [6.45, 7) is 2.70. The van der Waals surface area contributed by atoms with Gasteiger partial charge in [-0.1, -0.05) is 5.16 Å². The van der Waals surface area contributed by atoms with Crippen molar-refractivity contribution >= 4 is 5.88 Å². The van der Waals surface area contributed by atoms with E-state index in [0.29, 0.717) is 5.88 Å². The summed E-state index contributed by atoms with van der Waals surface area (Å²) in [4.78, 5) is 0. The summed E-state index contributed by atoms with van der Waals surface area (Å²) in [7, 11) is 0. The first kappa shape index (κ1) is 7.61. The molecule has 2 N–H and O–H groups in total. The molecule has 2 rings (SSSR count). The fraction of sp³-hybridized carbons (Fsp3) is 0.625. The summed E-state index contributed by atoms with van der Waals surface area (Å²) in [6.07, 6.45) is 2.22. The van der Waals surface area contributed by atoms with Gasteiger partial charge >= 0.3 is 0 Å². The molecule has 0 radical (unpaired) electrons. The Morgan fingerprint density at radius 2 is 2.42 bits per heavy atom. The third-order valence-corrected chi connectivity index (χ3v) is 2.19. The fourth-order valence-electron chi connectivity index (χ4n) is 1.59. The minimum Gasteiger partial charge on any atom is -0.373 e. The topological polar surface area (TPSA) is 61.3 Å². The van der Waals surface area contributed by atoms with Crippen LogP contribution in [0.5, 0.6) is 0 Å². The molecule has 1 aromatic rings. The zero-order valence-electron chi connectivity index (χ0n) is 7.04. The largest absolute Gasteiger partial charge is 0.373 e. The molecule has 4 heteroatoms. The molecule has 0 aromatic carbocycles. The van der Waals surface area contributed by atoms with Gasteiger partial charge in [0.25, 0.3) is 0 Å². The quantitative estimate of drug-likeness (QED) is 0.688. The second-order valence-corrected chi connectivity index (χ2v) is 3.05.